The van der Waals surface area contributed by atoms with E-state index < -0.39 is 9.84 Å². The monoisotopic (exact) mass is 344 g/mol. The van der Waals surface area contributed by atoms with Crippen LogP contribution in [0.4, 0.5) is 4.79 Å². The number of amides is 2. The third-order valence-electron chi connectivity index (χ3n) is 3.94. The van der Waals surface area contributed by atoms with Crippen LogP contribution < -0.4 is 10.6 Å². The maximum Gasteiger partial charge on any atom is 0.315 e. The molecule has 22 heavy (non-hydrogen) atoms. The Hall–Kier alpha value is -1.08. The molecule has 7 heteroatoms. The topological polar surface area (TPSA) is 75.3 Å². The van der Waals surface area contributed by atoms with Crippen molar-refractivity contribution in [2.45, 2.75) is 46.2 Å². The van der Waals surface area contributed by atoms with Crippen molar-refractivity contribution in [1.29, 1.82) is 0 Å². The van der Waals surface area contributed by atoms with Gasteiger partial charge in [-0.05, 0) is 37.8 Å². The Morgan fingerprint density at radius 1 is 1.36 bits per heavy atom. The first-order chi connectivity index (χ1) is 10.2. The highest BCUT2D eigenvalue weighted by Gasteiger charge is 2.30. The zero-order valence-corrected chi connectivity index (χ0v) is 15.1. The maximum atomic E-state index is 12.2. The Morgan fingerprint density at radius 3 is 2.50 bits per heavy atom. The van der Waals surface area contributed by atoms with Crippen LogP contribution in [-0.2, 0) is 9.84 Å². The molecule has 2 heterocycles. The molecule has 0 radical (unpaired) electrons. The second-order valence-corrected chi connectivity index (χ2v) is 10.00. The molecule has 0 aliphatic carbocycles. The highest BCUT2D eigenvalue weighted by molar-refractivity contribution is 7.91. The number of aryl methyl sites for hydroxylation is 2. The van der Waals surface area contributed by atoms with Crippen LogP contribution in [0.25, 0.3) is 0 Å². The molecule has 5 nitrogen and oxygen atoms in total. The highest BCUT2D eigenvalue weighted by atomic mass is 32.2. The molecular formula is C15H24N2O3S2. The standard InChI is InChI=1S/C15H24N2O3S2/c1-9(2)14(13-7-10(3)21-11(13)4)17-15(18)16-12-5-6-22(19,20)8-12/h7,9,12,14H,5-6,8H2,1-4H3,(H2,16,17,18)/t12-,14-/m1/s1. The van der Waals surface area contributed by atoms with Gasteiger partial charge in [-0.2, -0.15) is 0 Å². The average molecular weight is 345 g/mol. The summed E-state index contributed by atoms with van der Waals surface area (Å²) >= 11 is 1.72. The van der Waals surface area contributed by atoms with E-state index in [0.717, 1.165) is 5.56 Å². The van der Waals surface area contributed by atoms with Crippen molar-refractivity contribution in [2.75, 3.05) is 11.5 Å². The number of sulfone groups is 1. The van der Waals surface area contributed by atoms with E-state index in [-0.39, 0.29) is 35.5 Å². The molecular weight excluding hydrogens is 320 g/mol. The number of carbonyl (C=O) groups is 1. The summed E-state index contributed by atoms with van der Waals surface area (Å²) in [4.78, 5) is 14.6. The molecule has 1 saturated heterocycles. The normalized spacial score (nSPS) is 21.8. The quantitative estimate of drug-likeness (QED) is 0.881. The molecule has 0 aromatic carbocycles. The van der Waals surface area contributed by atoms with E-state index in [1.54, 1.807) is 11.3 Å². The zero-order valence-electron chi connectivity index (χ0n) is 13.5. The predicted molar refractivity (Wildman–Crippen MR) is 90.1 cm³/mol. The van der Waals surface area contributed by atoms with Gasteiger partial charge in [-0.15, -0.1) is 11.3 Å². The molecule has 1 aliphatic heterocycles. The molecule has 124 valence electrons. The summed E-state index contributed by atoms with van der Waals surface area (Å²) in [6.45, 7) is 8.25. The van der Waals surface area contributed by atoms with Crippen molar-refractivity contribution in [3.05, 3.63) is 21.4 Å². The van der Waals surface area contributed by atoms with Crippen molar-refractivity contribution in [1.82, 2.24) is 10.6 Å². The van der Waals surface area contributed by atoms with Crippen molar-refractivity contribution < 1.29 is 13.2 Å². The fraction of sp³-hybridized carbons (Fsp3) is 0.667. The predicted octanol–water partition coefficient (Wildman–Crippen LogP) is 2.55. The molecule has 1 fully saturated rings. The van der Waals surface area contributed by atoms with Crippen LogP contribution in [0.15, 0.2) is 6.07 Å². The van der Waals surface area contributed by atoms with Gasteiger partial charge in [0.2, 0.25) is 0 Å². The molecule has 1 aromatic rings. The zero-order chi connectivity index (χ0) is 16.5. The van der Waals surface area contributed by atoms with Gasteiger partial charge >= 0.3 is 6.03 Å². The fourth-order valence-corrected chi connectivity index (χ4v) is 5.49. The number of urea groups is 1. The summed E-state index contributed by atoms with van der Waals surface area (Å²) in [5.41, 5.74) is 1.15. The van der Waals surface area contributed by atoms with Gasteiger partial charge in [0, 0.05) is 15.8 Å². The van der Waals surface area contributed by atoms with Gasteiger partial charge in [0.05, 0.1) is 17.5 Å². The Balaban J connectivity index is 2.02. The minimum absolute atomic E-state index is 0.0450. The summed E-state index contributed by atoms with van der Waals surface area (Å²) in [6.07, 6.45) is 0.499. The number of thiophene rings is 1. The Morgan fingerprint density at radius 2 is 2.05 bits per heavy atom. The lowest BCUT2D eigenvalue weighted by Crippen LogP contribution is -2.45. The number of hydrogen-bond acceptors (Lipinski definition) is 4. The minimum Gasteiger partial charge on any atom is -0.334 e. The molecule has 2 rings (SSSR count). The third kappa shape index (κ3) is 4.23. The van der Waals surface area contributed by atoms with E-state index in [0.29, 0.717) is 6.42 Å². The molecule has 2 amide bonds. The van der Waals surface area contributed by atoms with Crippen LogP contribution in [0.2, 0.25) is 0 Å². The lowest BCUT2D eigenvalue weighted by Gasteiger charge is -2.24. The van der Waals surface area contributed by atoms with E-state index in [2.05, 4.69) is 44.4 Å². The second kappa shape index (κ2) is 6.58. The maximum absolute atomic E-state index is 12.2. The third-order valence-corrected chi connectivity index (χ3v) is 6.69. The lowest BCUT2D eigenvalue weighted by molar-refractivity contribution is 0.230. The summed E-state index contributed by atoms with van der Waals surface area (Å²) < 4.78 is 22.9. The van der Waals surface area contributed by atoms with Crippen molar-refractivity contribution in [3.63, 3.8) is 0 Å². The summed E-state index contributed by atoms with van der Waals surface area (Å²) in [7, 11) is -2.98. The molecule has 1 aliphatic rings. The van der Waals surface area contributed by atoms with Crippen molar-refractivity contribution >= 4 is 27.2 Å². The first-order valence-electron chi connectivity index (χ1n) is 7.52. The van der Waals surface area contributed by atoms with Gasteiger partial charge < -0.3 is 10.6 Å². The van der Waals surface area contributed by atoms with E-state index in [1.165, 1.54) is 9.75 Å². The first-order valence-corrected chi connectivity index (χ1v) is 10.2. The smallest absolute Gasteiger partial charge is 0.315 e. The van der Waals surface area contributed by atoms with Crippen LogP contribution in [-0.4, -0.2) is 32.0 Å². The van der Waals surface area contributed by atoms with Gasteiger partial charge in [0.15, 0.2) is 9.84 Å². The Labute approximate surface area is 136 Å². The van der Waals surface area contributed by atoms with Gasteiger partial charge in [-0.3, -0.25) is 0 Å². The molecule has 0 bridgehead atoms. The van der Waals surface area contributed by atoms with Gasteiger partial charge in [0.25, 0.3) is 0 Å². The average Bonchev–Trinajstić information content (AvgIpc) is 2.88. The molecule has 1 aromatic heterocycles. The Kier molecular flexibility index (Phi) is 5.17. The molecule has 0 spiro atoms. The number of nitrogens with one attached hydrogen (secondary N) is 2. The molecule has 2 atom stereocenters. The number of rotatable bonds is 4. The van der Waals surface area contributed by atoms with Crippen LogP contribution in [0, 0.1) is 19.8 Å². The van der Waals surface area contributed by atoms with Gasteiger partial charge in [-0.1, -0.05) is 13.8 Å². The largest absolute Gasteiger partial charge is 0.334 e. The summed E-state index contributed by atoms with van der Waals surface area (Å²) in [6, 6.07) is 1.49. The van der Waals surface area contributed by atoms with Crippen molar-refractivity contribution in [3.8, 4) is 0 Å². The number of carbonyl (C=O) groups excluding carboxylic acids is 1. The number of hydrogen-bond donors (Lipinski definition) is 2. The summed E-state index contributed by atoms with van der Waals surface area (Å²) in [5, 5.41) is 5.79. The van der Waals surface area contributed by atoms with Crippen LogP contribution in [0.5, 0.6) is 0 Å². The second-order valence-electron chi connectivity index (χ2n) is 6.31. The van der Waals surface area contributed by atoms with Crippen molar-refractivity contribution in [2.24, 2.45) is 5.92 Å². The molecule has 2 N–H and O–H groups in total. The van der Waals surface area contributed by atoms with Crippen LogP contribution in [0.3, 0.4) is 0 Å². The summed E-state index contributed by atoms with van der Waals surface area (Å²) in [5.74, 6) is 0.461. The van der Waals surface area contributed by atoms with Gasteiger partial charge in [-0.25, -0.2) is 13.2 Å². The van der Waals surface area contributed by atoms with Gasteiger partial charge in [0.1, 0.15) is 0 Å². The van der Waals surface area contributed by atoms with E-state index >= 15 is 0 Å². The van der Waals surface area contributed by atoms with E-state index in [4.69, 9.17) is 0 Å². The van der Waals surface area contributed by atoms with E-state index in [1.807, 2.05) is 0 Å². The molecule has 0 saturated carbocycles. The van der Waals surface area contributed by atoms with Crippen LogP contribution in [0.1, 0.15) is 41.6 Å². The SMILES string of the molecule is Cc1cc([C@H](NC(=O)N[C@@H]2CCS(=O)(=O)C2)C(C)C)c(C)s1. The van der Waals surface area contributed by atoms with Crippen LogP contribution >= 0.6 is 11.3 Å². The minimum atomic E-state index is -2.98. The first kappa shape index (κ1) is 17.3. The van der Waals surface area contributed by atoms with E-state index in [9.17, 15) is 13.2 Å². The Bertz CT molecular complexity index is 650. The highest BCUT2D eigenvalue weighted by Crippen LogP contribution is 2.30. The molecule has 0 unspecified atom stereocenters. The lowest BCUT2D eigenvalue weighted by atomic mass is 9.96. The fourth-order valence-electron chi connectivity index (χ4n) is 2.84.